The molecular formula is C20H25F3N6O3. The number of alkyl halides is 3. The molecule has 12 heteroatoms. The zero-order valence-electron chi connectivity index (χ0n) is 17.3. The second-order valence-corrected chi connectivity index (χ2v) is 7.62. The number of nitrogens with one attached hydrogen (secondary N) is 1. The average Bonchev–Trinajstić information content (AvgIpc) is 3.58. The van der Waals surface area contributed by atoms with Gasteiger partial charge in [0.25, 0.3) is 0 Å². The van der Waals surface area contributed by atoms with Crippen LogP contribution in [0.25, 0.3) is 0 Å². The number of aliphatic imine (C=N–C) groups is 1. The molecule has 174 valence electrons. The van der Waals surface area contributed by atoms with Gasteiger partial charge in [-0.05, 0) is 37.8 Å². The number of nitrogens with two attached hydrogens (primary N) is 1. The summed E-state index contributed by atoms with van der Waals surface area (Å²) in [6.45, 7) is 1.18. The topological polar surface area (TPSA) is 113 Å². The third-order valence-electron chi connectivity index (χ3n) is 5.15. The molecule has 1 saturated heterocycles. The first kappa shape index (κ1) is 23.4. The molecule has 32 heavy (non-hydrogen) atoms. The molecule has 9 nitrogen and oxygen atoms in total. The maximum atomic E-state index is 12.8. The van der Waals surface area contributed by atoms with Crippen LogP contribution in [0.4, 0.5) is 23.7 Å². The Bertz CT molecular complexity index is 872. The Morgan fingerprint density at radius 3 is 2.75 bits per heavy atom. The Morgan fingerprint density at radius 2 is 2.09 bits per heavy atom. The number of benzene rings is 1. The van der Waals surface area contributed by atoms with E-state index in [1.807, 2.05) is 0 Å². The largest absolute Gasteiger partial charge is 0.573 e. The number of hydrazone groups is 1. The zero-order chi connectivity index (χ0) is 23.1. The van der Waals surface area contributed by atoms with E-state index >= 15 is 0 Å². The summed E-state index contributed by atoms with van der Waals surface area (Å²) >= 11 is 0. The Kier molecular flexibility index (Phi) is 7.54. The van der Waals surface area contributed by atoms with Crippen molar-refractivity contribution in [1.29, 1.82) is 0 Å². The van der Waals surface area contributed by atoms with Gasteiger partial charge in [-0.15, -0.1) is 13.2 Å². The normalized spacial score (nSPS) is 19.7. The molecule has 1 aliphatic carbocycles. The molecule has 1 heterocycles. The van der Waals surface area contributed by atoms with E-state index in [1.54, 1.807) is 9.80 Å². The van der Waals surface area contributed by atoms with Crippen molar-refractivity contribution in [2.24, 2.45) is 15.9 Å². The molecule has 0 unspecified atom stereocenters. The fraction of sp³-hybridized carbons (Fsp3) is 0.500. The highest BCUT2D eigenvalue weighted by Gasteiger charge is 2.39. The molecule has 1 aromatic rings. The van der Waals surface area contributed by atoms with Crippen LogP contribution in [0, 0.1) is 0 Å². The third kappa shape index (κ3) is 6.86. The van der Waals surface area contributed by atoms with Crippen molar-refractivity contribution >= 4 is 30.1 Å². The van der Waals surface area contributed by atoms with Gasteiger partial charge in [0.2, 0.25) is 6.41 Å². The molecular weight excluding hydrogens is 429 g/mol. The summed E-state index contributed by atoms with van der Waals surface area (Å²) < 4.78 is 40.9. The molecule has 3 amide bonds. The number of hydrogen-bond acceptors (Lipinski definition) is 6. The van der Waals surface area contributed by atoms with E-state index in [2.05, 4.69) is 20.1 Å². The lowest BCUT2D eigenvalue weighted by Gasteiger charge is -2.38. The molecule has 0 bridgehead atoms. The van der Waals surface area contributed by atoms with E-state index in [0.29, 0.717) is 13.1 Å². The summed E-state index contributed by atoms with van der Waals surface area (Å²) in [6, 6.07) is 4.96. The summed E-state index contributed by atoms with van der Waals surface area (Å²) in [5.74, 6) is 4.98. The number of rotatable bonds is 8. The lowest BCUT2D eigenvalue weighted by Crippen LogP contribution is -2.54. The zero-order valence-corrected chi connectivity index (χ0v) is 17.3. The number of ether oxygens (including phenoxy) is 1. The number of hydrogen-bond donors (Lipinski definition) is 2. The van der Waals surface area contributed by atoms with Gasteiger partial charge in [-0.25, -0.2) is 4.79 Å². The molecule has 2 fully saturated rings. The van der Waals surface area contributed by atoms with Crippen molar-refractivity contribution in [3.63, 3.8) is 0 Å². The standard InChI is InChI=1S/C20H25F3N6O3/c21-20(22,23)32-18-5-1-3-14(9-18)25-10-15(27-24)11-26-19(31)29(16-6-7-16)17-4-2-8-28(12-17)13-30/h1,3,5,9-10,13,16-17H,2,4,6-8,11-12,24H2,(H,26,31)/t17-/m1/s1. The summed E-state index contributed by atoms with van der Waals surface area (Å²) in [5, 5.41) is 6.35. The first-order chi connectivity index (χ1) is 15.3. The maximum Gasteiger partial charge on any atom is 0.573 e. The third-order valence-corrected chi connectivity index (χ3v) is 5.15. The molecule has 1 saturated carbocycles. The van der Waals surface area contributed by atoms with Gasteiger partial charge >= 0.3 is 12.4 Å². The van der Waals surface area contributed by atoms with Gasteiger partial charge in [0.15, 0.2) is 0 Å². The first-order valence-electron chi connectivity index (χ1n) is 10.2. The van der Waals surface area contributed by atoms with Crippen LogP contribution >= 0.6 is 0 Å². The van der Waals surface area contributed by atoms with Gasteiger partial charge in [-0.3, -0.25) is 9.79 Å². The van der Waals surface area contributed by atoms with Gasteiger partial charge in [-0.2, -0.15) is 5.10 Å². The number of likely N-dealkylation sites (tertiary alicyclic amines) is 1. The quantitative estimate of drug-likeness (QED) is 0.272. The van der Waals surface area contributed by atoms with Crippen LogP contribution in [-0.2, 0) is 4.79 Å². The number of carbonyl (C=O) groups is 2. The predicted octanol–water partition coefficient (Wildman–Crippen LogP) is 2.40. The van der Waals surface area contributed by atoms with E-state index in [1.165, 1.54) is 18.3 Å². The minimum absolute atomic E-state index is 0.00902. The van der Waals surface area contributed by atoms with Gasteiger partial charge in [-0.1, -0.05) is 6.07 Å². The first-order valence-corrected chi connectivity index (χ1v) is 10.2. The fourth-order valence-electron chi connectivity index (χ4n) is 3.58. The number of piperidine rings is 1. The summed E-state index contributed by atoms with van der Waals surface area (Å²) in [7, 11) is 0. The van der Waals surface area contributed by atoms with Gasteiger partial charge in [0.1, 0.15) is 5.75 Å². The lowest BCUT2D eigenvalue weighted by molar-refractivity contribution is -0.274. The number of carbonyl (C=O) groups excluding carboxylic acids is 2. The minimum Gasteiger partial charge on any atom is -0.406 e. The molecule has 0 radical (unpaired) electrons. The van der Waals surface area contributed by atoms with E-state index < -0.39 is 12.1 Å². The van der Waals surface area contributed by atoms with E-state index in [-0.39, 0.29) is 36.1 Å². The number of amides is 3. The maximum absolute atomic E-state index is 12.8. The Balaban J connectivity index is 1.58. The SMILES string of the molecule is NN=C(C=Nc1cccc(OC(F)(F)F)c1)CNC(=O)N(C1CC1)[C@@H]1CCCN(C=O)C1. The molecule has 3 N–H and O–H groups in total. The second kappa shape index (κ2) is 10.3. The lowest BCUT2D eigenvalue weighted by atomic mass is 10.0. The number of urea groups is 1. The Hall–Kier alpha value is -3.31. The van der Waals surface area contributed by atoms with E-state index in [9.17, 15) is 22.8 Å². The monoisotopic (exact) mass is 454 g/mol. The number of halogens is 3. The van der Waals surface area contributed by atoms with Crippen LogP contribution in [0.15, 0.2) is 34.4 Å². The van der Waals surface area contributed by atoms with Crippen LogP contribution in [0.2, 0.25) is 0 Å². The predicted molar refractivity (Wildman–Crippen MR) is 112 cm³/mol. The van der Waals surface area contributed by atoms with Gasteiger partial charge < -0.3 is 25.7 Å². The van der Waals surface area contributed by atoms with Crippen LogP contribution in [0.3, 0.4) is 0 Å². The van der Waals surface area contributed by atoms with Crippen LogP contribution in [0.1, 0.15) is 25.7 Å². The van der Waals surface area contributed by atoms with Gasteiger partial charge in [0, 0.05) is 25.2 Å². The van der Waals surface area contributed by atoms with E-state index in [4.69, 9.17) is 5.84 Å². The van der Waals surface area contributed by atoms with Crippen molar-refractivity contribution in [3.05, 3.63) is 24.3 Å². The molecule has 2 aliphatic rings. The van der Waals surface area contributed by atoms with Crippen molar-refractivity contribution in [2.75, 3.05) is 19.6 Å². The fourth-order valence-corrected chi connectivity index (χ4v) is 3.58. The van der Waals surface area contributed by atoms with Crippen molar-refractivity contribution in [3.8, 4) is 5.75 Å². The average molecular weight is 454 g/mol. The smallest absolute Gasteiger partial charge is 0.406 e. The van der Waals surface area contributed by atoms with Crippen molar-refractivity contribution < 1.29 is 27.5 Å². The molecule has 1 aliphatic heterocycles. The molecule has 1 atom stereocenters. The van der Waals surface area contributed by atoms with Crippen molar-refractivity contribution in [2.45, 2.75) is 44.1 Å². The minimum atomic E-state index is -4.80. The molecule has 0 spiro atoms. The summed E-state index contributed by atoms with van der Waals surface area (Å²) in [5.41, 5.74) is 0.435. The van der Waals surface area contributed by atoms with Crippen LogP contribution < -0.4 is 15.9 Å². The Labute approximate surface area is 183 Å². The van der Waals surface area contributed by atoms with Crippen LogP contribution in [0.5, 0.6) is 5.75 Å². The molecule has 0 aromatic heterocycles. The number of nitrogens with zero attached hydrogens (tertiary/aromatic N) is 4. The van der Waals surface area contributed by atoms with E-state index in [0.717, 1.165) is 44.2 Å². The molecule has 3 rings (SSSR count). The summed E-state index contributed by atoms with van der Waals surface area (Å²) in [6.07, 6.45) is 0.762. The molecule has 1 aromatic carbocycles. The Morgan fingerprint density at radius 1 is 1.31 bits per heavy atom. The second-order valence-electron chi connectivity index (χ2n) is 7.62. The highest BCUT2D eigenvalue weighted by molar-refractivity contribution is 6.32. The highest BCUT2D eigenvalue weighted by atomic mass is 19.4. The van der Waals surface area contributed by atoms with Crippen LogP contribution in [-0.4, -0.2) is 72.2 Å². The van der Waals surface area contributed by atoms with Gasteiger partial charge in [0.05, 0.1) is 30.2 Å². The highest BCUT2D eigenvalue weighted by Crippen LogP contribution is 2.31. The summed E-state index contributed by atoms with van der Waals surface area (Å²) in [4.78, 5) is 31.5. The van der Waals surface area contributed by atoms with Crippen molar-refractivity contribution in [1.82, 2.24) is 15.1 Å².